The zero-order valence-electron chi connectivity index (χ0n) is 16.3. The highest BCUT2D eigenvalue weighted by atomic mass is 16.3. The van der Waals surface area contributed by atoms with Crippen LogP contribution in [0.15, 0.2) is 84.9 Å². The zero-order chi connectivity index (χ0) is 19.8. The maximum Gasteiger partial charge on any atom is 0.169 e. The van der Waals surface area contributed by atoms with Gasteiger partial charge in [0.1, 0.15) is 0 Å². The fourth-order valence-electron chi connectivity index (χ4n) is 3.59. The molecule has 0 saturated carbocycles. The second-order valence-electron chi connectivity index (χ2n) is 7.06. The molecule has 0 fully saturated rings. The largest absolute Gasteiger partial charge is 0.395 e. The number of para-hydroxylation sites is 1. The number of carbonyl (C=O) groups is 1. The van der Waals surface area contributed by atoms with Gasteiger partial charge in [-0.15, -0.1) is 0 Å². The van der Waals surface area contributed by atoms with Crippen LogP contribution >= 0.6 is 0 Å². The van der Waals surface area contributed by atoms with Gasteiger partial charge in [0.25, 0.3) is 0 Å². The fraction of sp³-hybridized carbons (Fsp3) is 0.240. The number of nitrogens with zero attached hydrogens (tertiary/aromatic N) is 1. The molecule has 0 amide bonds. The first kappa shape index (κ1) is 19.8. The van der Waals surface area contributed by atoms with Gasteiger partial charge in [-0.25, -0.2) is 0 Å². The Labute approximate surface area is 167 Å². The molecule has 1 unspecified atom stereocenters. The Hall–Kier alpha value is -2.91. The highest BCUT2D eigenvalue weighted by Gasteiger charge is 2.20. The van der Waals surface area contributed by atoms with E-state index in [-0.39, 0.29) is 18.4 Å². The molecule has 3 rings (SSSR count). The lowest BCUT2D eigenvalue weighted by atomic mass is 9.99. The van der Waals surface area contributed by atoms with Crippen molar-refractivity contribution >= 4 is 11.5 Å². The van der Waals surface area contributed by atoms with E-state index in [1.165, 1.54) is 5.56 Å². The van der Waals surface area contributed by atoms with Gasteiger partial charge in [0.2, 0.25) is 0 Å². The first-order valence-corrected chi connectivity index (χ1v) is 9.76. The number of benzene rings is 3. The van der Waals surface area contributed by atoms with E-state index in [1.54, 1.807) is 0 Å². The highest BCUT2D eigenvalue weighted by Crippen LogP contribution is 2.25. The van der Waals surface area contributed by atoms with Crippen LogP contribution in [0.4, 0.5) is 5.69 Å². The molecule has 0 aromatic heterocycles. The van der Waals surface area contributed by atoms with Gasteiger partial charge < -0.3 is 10.0 Å². The van der Waals surface area contributed by atoms with Crippen LogP contribution in [0.5, 0.6) is 0 Å². The molecule has 3 aromatic rings. The maximum atomic E-state index is 13.0. The van der Waals surface area contributed by atoms with Crippen molar-refractivity contribution in [3.05, 3.63) is 102 Å². The zero-order valence-corrected chi connectivity index (χ0v) is 16.3. The van der Waals surface area contributed by atoms with Crippen molar-refractivity contribution in [3.8, 4) is 0 Å². The van der Waals surface area contributed by atoms with Crippen molar-refractivity contribution in [1.29, 1.82) is 0 Å². The van der Waals surface area contributed by atoms with Crippen LogP contribution in [0.2, 0.25) is 0 Å². The Morgan fingerprint density at radius 2 is 1.43 bits per heavy atom. The predicted molar refractivity (Wildman–Crippen MR) is 115 cm³/mol. The predicted octanol–water partition coefficient (Wildman–Crippen LogP) is 4.54. The molecule has 0 aliphatic carbocycles. The summed E-state index contributed by atoms with van der Waals surface area (Å²) < 4.78 is 0. The van der Waals surface area contributed by atoms with Gasteiger partial charge >= 0.3 is 0 Å². The monoisotopic (exact) mass is 373 g/mol. The molecule has 3 nitrogen and oxygen atoms in total. The molecule has 1 N–H and O–H groups in total. The fourth-order valence-corrected chi connectivity index (χ4v) is 3.59. The molecule has 0 bridgehead atoms. The summed E-state index contributed by atoms with van der Waals surface area (Å²) in [7, 11) is 0. The summed E-state index contributed by atoms with van der Waals surface area (Å²) in [6.07, 6.45) is 1.22. The molecule has 0 aliphatic heterocycles. The molecule has 3 aromatic carbocycles. The highest BCUT2D eigenvalue weighted by molar-refractivity contribution is 6.02. The molecule has 3 heteroatoms. The van der Waals surface area contributed by atoms with E-state index in [4.69, 9.17) is 0 Å². The number of hydrogen-bond donors (Lipinski definition) is 1. The molecule has 0 spiro atoms. The van der Waals surface area contributed by atoms with Gasteiger partial charge in [-0.1, -0.05) is 72.8 Å². The van der Waals surface area contributed by atoms with Crippen LogP contribution in [0.3, 0.4) is 0 Å². The van der Waals surface area contributed by atoms with Gasteiger partial charge in [-0.05, 0) is 36.6 Å². The van der Waals surface area contributed by atoms with Crippen molar-refractivity contribution in [3.63, 3.8) is 0 Å². The summed E-state index contributed by atoms with van der Waals surface area (Å²) in [4.78, 5) is 15.2. The van der Waals surface area contributed by atoms with E-state index in [0.717, 1.165) is 17.7 Å². The molecule has 144 valence electrons. The van der Waals surface area contributed by atoms with Crippen molar-refractivity contribution in [1.82, 2.24) is 0 Å². The molecular formula is C25H27NO2. The van der Waals surface area contributed by atoms with Crippen LogP contribution in [-0.4, -0.2) is 30.1 Å². The molecule has 28 heavy (non-hydrogen) atoms. The second-order valence-corrected chi connectivity index (χ2v) is 7.06. The van der Waals surface area contributed by atoms with Crippen LogP contribution in [0, 0.1) is 0 Å². The lowest BCUT2D eigenvalue weighted by Crippen LogP contribution is -2.38. The van der Waals surface area contributed by atoms with Crippen molar-refractivity contribution in [2.45, 2.75) is 25.8 Å². The third-order valence-electron chi connectivity index (χ3n) is 4.97. The second kappa shape index (κ2) is 9.86. The third kappa shape index (κ3) is 5.08. The number of aliphatic hydroxyl groups excluding tert-OH is 1. The summed E-state index contributed by atoms with van der Waals surface area (Å²) in [5.41, 5.74) is 3.85. The smallest absolute Gasteiger partial charge is 0.169 e. The Morgan fingerprint density at radius 1 is 0.857 bits per heavy atom. The quantitative estimate of drug-likeness (QED) is 0.560. The lowest BCUT2D eigenvalue weighted by Gasteiger charge is -2.32. The standard InChI is InChI=1S/C25H27NO2/c1-20(18-21-10-4-2-5-11-21)26(16-17-27)24-15-9-8-14-23(24)25(28)19-22-12-6-3-7-13-22/h2-15,20,27H,16-19H2,1H3. The average Bonchev–Trinajstić information content (AvgIpc) is 2.73. The number of aliphatic hydroxyl groups is 1. The number of carbonyl (C=O) groups excluding carboxylic acids is 1. The molecule has 0 aliphatic rings. The summed E-state index contributed by atoms with van der Waals surface area (Å²) in [5, 5.41) is 9.65. The minimum absolute atomic E-state index is 0.0420. The van der Waals surface area contributed by atoms with E-state index in [2.05, 4.69) is 24.0 Å². The Morgan fingerprint density at radius 3 is 2.07 bits per heavy atom. The average molecular weight is 373 g/mol. The Kier molecular flexibility index (Phi) is 6.99. The lowest BCUT2D eigenvalue weighted by molar-refractivity contribution is 0.0993. The van der Waals surface area contributed by atoms with Crippen molar-refractivity contribution in [2.75, 3.05) is 18.1 Å². The van der Waals surface area contributed by atoms with Gasteiger partial charge in [-0.3, -0.25) is 4.79 Å². The topological polar surface area (TPSA) is 40.5 Å². The Balaban J connectivity index is 1.85. The van der Waals surface area contributed by atoms with Crippen LogP contribution < -0.4 is 4.90 Å². The summed E-state index contributed by atoms with van der Waals surface area (Å²) in [6.45, 7) is 2.67. The number of rotatable bonds is 9. The maximum absolute atomic E-state index is 13.0. The SMILES string of the molecule is CC(Cc1ccccc1)N(CCO)c1ccccc1C(=O)Cc1ccccc1. The number of hydrogen-bond acceptors (Lipinski definition) is 3. The van der Waals surface area contributed by atoms with Gasteiger partial charge in [0.15, 0.2) is 5.78 Å². The van der Waals surface area contributed by atoms with Crippen molar-refractivity contribution in [2.24, 2.45) is 0 Å². The normalized spacial score (nSPS) is 11.8. The first-order valence-electron chi connectivity index (χ1n) is 9.76. The number of ketones is 1. The number of Topliss-reactive ketones (excluding diaryl/α,β-unsaturated/α-hetero) is 1. The van der Waals surface area contributed by atoms with Crippen LogP contribution in [0.1, 0.15) is 28.4 Å². The molecule has 0 radical (unpaired) electrons. The summed E-state index contributed by atoms with van der Waals surface area (Å²) in [5.74, 6) is 0.0941. The van der Waals surface area contributed by atoms with Crippen LogP contribution in [0.25, 0.3) is 0 Å². The minimum atomic E-state index is 0.0420. The van der Waals surface area contributed by atoms with Crippen LogP contribution in [-0.2, 0) is 12.8 Å². The van der Waals surface area contributed by atoms with E-state index in [9.17, 15) is 9.90 Å². The summed E-state index contributed by atoms with van der Waals surface area (Å²) >= 11 is 0. The molecular weight excluding hydrogens is 346 g/mol. The third-order valence-corrected chi connectivity index (χ3v) is 4.97. The Bertz CT molecular complexity index is 877. The van der Waals surface area contributed by atoms with Gasteiger partial charge in [-0.2, -0.15) is 0 Å². The number of anilines is 1. The van der Waals surface area contributed by atoms with Crippen molar-refractivity contribution < 1.29 is 9.90 Å². The van der Waals surface area contributed by atoms with E-state index in [0.29, 0.717) is 18.5 Å². The summed E-state index contributed by atoms with van der Waals surface area (Å²) in [6, 6.07) is 28.0. The minimum Gasteiger partial charge on any atom is -0.395 e. The van der Waals surface area contributed by atoms with E-state index < -0.39 is 0 Å². The van der Waals surface area contributed by atoms with Gasteiger partial charge in [0, 0.05) is 30.3 Å². The molecule has 1 atom stereocenters. The van der Waals surface area contributed by atoms with E-state index >= 15 is 0 Å². The van der Waals surface area contributed by atoms with E-state index in [1.807, 2.05) is 72.8 Å². The molecule has 0 heterocycles. The first-order chi connectivity index (χ1) is 13.7. The molecule has 0 saturated heterocycles. The van der Waals surface area contributed by atoms with Gasteiger partial charge in [0.05, 0.1) is 6.61 Å².